The lowest BCUT2D eigenvalue weighted by Crippen LogP contribution is -2.18. The Morgan fingerprint density at radius 1 is 0.879 bits per heavy atom. The number of carbonyl (C=O) groups is 2. The summed E-state index contributed by atoms with van der Waals surface area (Å²) in [5, 5.41) is 7.33. The second kappa shape index (κ2) is 9.36. The summed E-state index contributed by atoms with van der Waals surface area (Å²) in [6.07, 6.45) is 1.53. The zero-order valence-electron chi connectivity index (χ0n) is 18.4. The minimum absolute atomic E-state index is 0.186. The zero-order chi connectivity index (χ0) is 23.4. The molecule has 33 heavy (non-hydrogen) atoms. The quantitative estimate of drug-likeness (QED) is 0.407. The van der Waals surface area contributed by atoms with Gasteiger partial charge in [0.2, 0.25) is 0 Å². The van der Waals surface area contributed by atoms with Crippen LogP contribution in [0.25, 0.3) is 16.3 Å². The van der Waals surface area contributed by atoms with E-state index in [1.165, 1.54) is 6.20 Å². The van der Waals surface area contributed by atoms with Crippen molar-refractivity contribution in [2.45, 2.75) is 6.92 Å². The average Bonchev–Trinajstić information content (AvgIpc) is 2.83. The Labute approximate surface area is 191 Å². The highest BCUT2D eigenvalue weighted by atomic mass is 16.5. The topological polar surface area (TPSA) is 80.3 Å². The molecule has 3 aromatic carbocycles. The summed E-state index contributed by atoms with van der Waals surface area (Å²) in [5.74, 6) is 0.643. The second-order valence-electron chi connectivity index (χ2n) is 7.56. The SMILES string of the molecule is C=C(C)c1ccc(C(=O)Nc2cccc3cc(Oc4ccnc(C(=O)NC)c4)ccc23)cc1. The van der Waals surface area contributed by atoms with Gasteiger partial charge in [-0.3, -0.25) is 14.6 Å². The normalized spacial score (nSPS) is 10.5. The van der Waals surface area contributed by atoms with Crippen LogP contribution in [0.5, 0.6) is 11.5 Å². The van der Waals surface area contributed by atoms with E-state index in [1.807, 2.05) is 55.5 Å². The van der Waals surface area contributed by atoms with E-state index < -0.39 is 0 Å². The summed E-state index contributed by atoms with van der Waals surface area (Å²) < 4.78 is 5.93. The molecule has 0 aliphatic carbocycles. The summed E-state index contributed by atoms with van der Waals surface area (Å²) in [4.78, 5) is 28.6. The third-order valence-corrected chi connectivity index (χ3v) is 5.17. The minimum Gasteiger partial charge on any atom is -0.457 e. The first-order valence-corrected chi connectivity index (χ1v) is 10.4. The molecule has 2 amide bonds. The van der Waals surface area contributed by atoms with Gasteiger partial charge in [0, 0.05) is 35.9 Å². The molecule has 6 nitrogen and oxygen atoms in total. The Balaban J connectivity index is 1.55. The third-order valence-electron chi connectivity index (χ3n) is 5.17. The van der Waals surface area contributed by atoms with Crippen molar-refractivity contribution in [3.05, 3.63) is 102 Å². The molecule has 4 aromatic rings. The number of nitrogens with one attached hydrogen (secondary N) is 2. The van der Waals surface area contributed by atoms with Crippen LogP contribution in [0.15, 0.2) is 85.6 Å². The molecule has 1 aromatic heterocycles. The number of allylic oxidation sites excluding steroid dienone is 1. The molecule has 0 atom stereocenters. The van der Waals surface area contributed by atoms with Gasteiger partial charge in [-0.25, -0.2) is 0 Å². The predicted octanol–water partition coefficient (Wildman–Crippen LogP) is 5.67. The van der Waals surface area contributed by atoms with E-state index in [1.54, 1.807) is 31.3 Å². The van der Waals surface area contributed by atoms with Crippen LogP contribution in [0.1, 0.15) is 33.3 Å². The first-order chi connectivity index (χ1) is 15.9. The molecule has 0 aliphatic heterocycles. The summed E-state index contributed by atoms with van der Waals surface area (Å²) in [6.45, 7) is 5.85. The van der Waals surface area contributed by atoms with Crippen molar-refractivity contribution < 1.29 is 14.3 Å². The first kappa shape index (κ1) is 21.8. The number of hydrogen-bond acceptors (Lipinski definition) is 4. The lowest BCUT2D eigenvalue weighted by Gasteiger charge is -2.11. The fourth-order valence-corrected chi connectivity index (χ4v) is 3.40. The maximum absolute atomic E-state index is 12.8. The standard InChI is InChI=1S/C27H23N3O3/c1-17(2)18-7-9-19(10-8-18)26(31)30-24-6-4-5-20-15-21(11-12-23(20)24)33-22-13-14-29-25(16-22)27(32)28-3/h4-16H,1H2,2-3H3,(H,28,32)(H,30,31). The average molecular weight is 437 g/mol. The number of hydrogen-bond donors (Lipinski definition) is 2. The summed E-state index contributed by atoms with van der Waals surface area (Å²) in [7, 11) is 1.55. The highest BCUT2D eigenvalue weighted by Gasteiger charge is 2.11. The molecule has 0 spiro atoms. The van der Waals surface area contributed by atoms with Crippen LogP contribution in [0.2, 0.25) is 0 Å². The van der Waals surface area contributed by atoms with E-state index in [-0.39, 0.29) is 17.5 Å². The number of ether oxygens (including phenoxy) is 1. The number of pyridine rings is 1. The van der Waals surface area contributed by atoms with Gasteiger partial charge in [0.15, 0.2) is 0 Å². The van der Waals surface area contributed by atoms with Gasteiger partial charge in [-0.05, 0) is 60.3 Å². The fourth-order valence-electron chi connectivity index (χ4n) is 3.40. The summed E-state index contributed by atoms with van der Waals surface area (Å²) in [6, 6.07) is 21.9. The van der Waals surface area contributed by atoms with Crippen molar-refractivity contribution in [2.24, 2.45) is 0 Å². The van der Waals surface area contributed by atoms with E-state index in [9.17, 15) is 9.59 Å². The Morgan fingerprint density at radius 3 is 2.33 bits per heavy atom. The molecular weight excluding hydrogens is 414 g/mol. The van der Waals surface area contributed by atoms with E-state index in [4.69, 9.17) is 4.74 Å². The van der Waals surface area contributed by atoms with Gasteiger partial charge in [0.1, 0.15) is 17.2 Å². The number of nitrogens with zero attached hydrogens (tertiary/aromatic N) is 1. The van der Waals surface area contributed by atoms with Crippen LogP contribution in [0.4, 0.5) is 5.69 Å². The van der Waals surface area contributed by atoms with E-state index in [0.717, 1.165) is 21.9 Å². The van der Waals surface area contributed by atoms with Crippen LogP contribution >= 0.6 is 0 Å². The number of rotatable bonds is 6. The highest BCUT2D eigenvalue weighted by molar-refractivity contribution is 6.09. The van der Waals surface area contributed by atoms with Crippen molar-refractivity contribution in [3.63, 3.8) is 0 Å². The Morgan fingerprint density at radius 2 is 1.61 bits per heavy atom. The largest absolute Gasteiger partial charge is 0.457 e. The number of carbonyl (C=O) groups excluding carboxylic acids is 2. The number of benzene rings is 3. The molecule has 0 saturated carbocycles. The van der Waals surface area contributed by atoms with Crippen molar-refractivity contribution in [2.75, 3.05) is 12.4 Å². The number of fused-ring (bicyclic) bond motifs is 1. The molecule has 0 radical (unpaired) electrons. The highest BCUT2D eigenvalue weighted by Crippen LogP contribution is 2.30. The number of aromatic nitrogens is 1. The molecule has 0 saturated heterocycles. The van der Waals surface area contributed by atoms with Crippen molar-refractivity contribution >= 4 is 33.8 Å². The monoisotopic (exact) mass is 437 g/mol. The zero-order valence-corrected chi connectivity index (χ0v) is 18.4. The van der Waals surface area contributed by atoms with Crippen LogP contribution < -0.4 is 15.4 Å². The Bertz CT molecular complexity index is 1360. The third kappa shape index (κ3) is 4.91. The molecular formula is C27H23N3O3. The summed E-state index contributed by atoms with van der Waals surface area (Å²) >= 11 is 0. The van der Waals surface area contributed by atoms with Gasteiger partial charge in [-0.1, -0.05) is 36.4 Å². The van der Waals surface area contributed by atoms with Crippen LogP contribution in [0.3, 0.4) is 0 Å². The molecule has 4 rings (SSSR count). The smallest absolute Gasteiger partial charge is 0.269 e. The molecule has 0 unspecified atom stereocenters. The van der Waals surface area contributed by atoms with Gasteiger partial charge in [0.05, 0.1) is 0 Å². The van der Waals surface area contributed by atoms with Gasteiger partial charge in [-0.2, -0.15) is 0 Å². The van der Waals surface area contributed by atoms with Crippen molar-refractivity contribution in [1.82, 2.24) is 10.3 Å². The lowest BCUT2D eigenvalue weighted by atomic mass is 10.1. The molecule has 164 valence electrons. The van der Waals surface area contributed by atoms with Crippen molar-refractivity contribution in [3.8, 4) is 11.5 Å². The van der Waals surface area contributed by atoms with Crippen LogP contribution in [-0.2, 0) is 0 Å². The van der Waals surface area contributed by atoms with Gasteiger partial charge in [-0.15, -0.1) is 0 Å². The van der Waals surface area contributed by atoms with Gasteiger partial charge >= 0.3 is 0 Å². The fraction of sp³-hybridized carbons (Fsp3) is 0.0741. The van der Waals surface area contributed by atoms with E-state index >= 15 is 0 Å². The summed E-state index contributed by atoms with van der Waals surface area (Å²) in [5.41, 5.74) is 3.50. The Kier molecular flexibility index (Phi) is 6.17. The maximum Gasteiger partial charge on any atom is 0.269 e. The predicted molar refractivity (Wildman–Crippen MR) is 131 cm³/mol. The number of amides is 2. The number of anilines is 1. The lowest BCUT2D eigenvalue weighted by molar-refractivity contribution is 0.0957. The molecule has 0 fully saturated rings. The molecule has 0 aliphatic rings. The van der Waals surface area contributed by atoms with E-state index in [0.29, 0.717) is 22.7 Å². The van der Waals surface area contributed by atoms with Gasteiger partial charge < -0.3 is 15.4 Å². The minimum atomic E-state index is -0.284. The second-order valence-corrected chi connectivity index (χ2v) is 7.56. The molecule has 1 heterocycles. The van der Waals surface area contributed by atoms with Crippen LogP contribution in [-0.4, -0.2) is 23.8 Å². The Hall–Kier alpha value is -4.45. The van der Waals surface area contributed by atoms with Crippen molar-refractivity contribution in [1.29, 1.82) is 0 Å². The van der Waals surface area contributed by atoms with E-state index in [2.05, 4.69) is 22.2 Å². The first-order valence-electron chi connectivity index (χ1n) is 10.4. The van der Waals surface area contributed by atoms with Gasteiger partial charge in [0.25, 0.3) is 11.8 Å². The van der Waals surface area contributed by atoms with Crippen LogP contribution in [0, 0.1) is 0 Å². The molecule has 2 N–H and O–H groups in total. The maximum atomic E-state index is 12.8. The molecule has 6 heteroatoms. The molecule has 0 bridgehead atoms.